The van der Waals surface area contributed by atoms with Gasteiger partial charge in [0.25, 0.3) is 11.8 Å². The molecule has 1 aromatic rings. The lowest BCUT2D eigenvalue weighted by molar-refractivity contribution is -0.136. The number of nitrogens with zero attached hydrogens (tertiary/aromatic N) is 1. The molecule has 2 aliphatic heterocycles. The van der Waals surface area contributed by atoms with E-state index in [0.717, 1.165) is 4.90 Å². The molecule has 0 aliphatic carbocycles. The highest BCUT2D eigenvalue weighted by atomic mass is 35.5. The Kier molecular flexibility index (Phi) is 6.89. The molecular formula is C17H21ClN4O5. The first kappa shape index (κ1) is 20.8. The number of nitrogens with two attached hydrogens (primary N) is 1. The number of benzene rings is 1. The number of nitrogens with one attached hydrogen (secondary N) is 2. The molecule has 4 N–H and O–H groups in total. The van der Waals surface area contributed by atoms with Gasteiger partial charge in [-0.25, -0.2) is 0 Å². The van der Waals surface area contributed by atoms with Crippen molar-refractivity contribution in [1.82, 2.24) is 10.2 Å². The molecule has 0 bridgehead atoms. The van der Waals surface area contributed by atoms with E-state index >= 15 is 0 Å². The molecule has 0 saturated carbocycles. The molecule has 10 heteroatoms. The lowest BCUT2D eigenvalue weighted by Crippen LogP contribution is -2.54. The third-order valence-electron chi connectivity index (χ3n) is 4.29. The molecule has 2 heterocycles. The van der Waals surface area contributed by atoms with Gasteiger partial charge < -0.3 is 15.8 Å². The van der Waals surface area contributed by atoms with Crippen LogP contribution in [0.15, 0.2) is 18.2 Å². The van der Waals surface area contributed by atoms with Gasteiger partial charge in [-0.2, -0.15) is 0 Å². The summed E-state index contributed by atoms with van der Waals surface area (Å²) in [6, 6.07) is 3.94. The predicted molar refractivity (Wildman–Crippen MR) is 98.7 cm³/mol. The van der Waals surface area contributed by atoms with E-state index in [2.05, 4.69) is 10.6 Å². The zero-order valence-corrected chi connectivity index (χ0v) is 15.3. The molecule has 1 saturated heterocycles. The normalized spacial score (nSPS) is 18.9. The predicted octanol–water partition coefficient (Wildman–Crippen LogP) is -0.103. The number of anilines is 1. The molecule has 1 unspecified atom stereocenters. The average molecular weight is 397 g/mol. The highest BCUT2D eigenvalue weighted by molar-refractivity contribution is 6.25. The smallest absolute Gasteiger partial charge is 0.264 e. The number of amides is 4. The molecule has 9 nitrogen and oxygen atoms in total. The van der Waals surface area contributed by atoms with Crippen molar-refractivity contribution in [1.29, 1.82) is 0 Å². The summed E-state index contributed by atoms with van der Waals surface area (Å²) in [6.45, 7) is 1.71. The van der Waals surface area contributed by atoms with Crippen LogP contribution in [0.4, 0.5) is 5.69 Å². The number of carbonyl (C=O) groups is 4. The number of fused-ring (bicyclic) bond motifs is 1. The molecule has 3 rings (SSSR count). The Morgan fingerprint density at radius 3 is 2.67 bits per heavy atom. The van der Waals surface area contributed by atoms with Gasteiger partial charge in [-0.3, -0.25) is 29.4 Å². The van der Waals surface area contributed by atoms with Crippen LogP contribution >= 0.6 is 12.4 Å². The molecule has 27 heavy (non-hydrogen) atoms. The molecule has 1 aromatic carbocycles. The minimum atomic E-state index is -0.971. The lowest BCUT2D eigenvalue weighted by Gasteiger charge is -2.27. The summed E-state index contributed by atoms with van der Waals surface area (Å²) in [5.74, 6) is -2.09. The topological polar surface area (TPSA) is 131 Å². The van der Waals surface area contributed by atoms with Gasteiger partial charge in [-0.1, -0.05) is 6.07 Å². The first-order chi connectivity index (χ1) is 12.5. The zero-order valence-electron chi connectivity index (χ0n) is 14.5. The summed E-state index contributed by atoms with van der Waals surface area (Å²) in [4.78, 5) is 49.8. The van der Waals surface area contributed by atoms with Gasteiger partial charge in [0, 0.05) is 25.2 Å². The van der Waals surface area contributed by atoms with Gasteiger partial charge in [0.1, 0.15) is 6.04 Å². The Morgan fingerprint density at radius 2 is 1.96 bits per heavy atom. The third kappa shape index (κ3) is 4.10. The van der Waals surface area contributed by atoms with E-state index in [1.165, 1.54) is 0 Å². The van der Waals surface area contributed by atoms with Crippen molar-refractivity contribution >= 4 is 41.7 Å². The summed E-state index contributed by atoms with van der Waals surface area (Å²) in [6.07, 6.45) is 0.221. The molecule has 146 valence electrons. The number of rotatable bonds is 7. The van der Waals surface area contributed by atoms with Crippen LogP contribution in [0.2, 0.25) is 0 Å². The van der Waals surface area contributed by atoms with Crippen molar-refractivity contribution in [3.63, 3.8) is 0 Å². The van der Waals surface area contributed by atoms with Crippen molar-refractivity contribution in [2.24, 2.45) is 5.73 Å². The number of carbonyl (C=O) groups excluding carboxylic acids is 4. The standard InChI is InChI=1S/C17H20N4O5.ClH/c18-6-8-26-9-7-19-11-3-1-2-10-14(11)17(25)21(16(10)24)12-4-5-13(22)20-15(12)23;/h1-3,12,19H,4-9,18H2,(H,20,22,23);1H. The van der Waals surface area contributed by atoms with Gasteiger partial charge >= 0.3 is 0 Å². The fourth-order valence-electron chi connectivity index (χ4n) is 3.11. The number of hydrogen-bond donors (Lipinski definition) is 3. The van der Waals surface area contributed by atoms with E-state index < -0.39 is 29.7 Å². The fourth-order valence-corrected chi connectivity index (χ4v) is 3.11. The van der Waals surface area contributed by atoms with Crippen LogP contribution in [-0.4, -0.2) is 60.9 Å². The van der Waals surface area contributed by atoms with E-state index in [4.69, 9.17) is 10.5 Å². The van der Waals surface area contributed by atoms with Crippen LogP contribution in [0.5, 0.6) is 0 Å². The third-order valence-corrected chi connectivity index (χ3v) is 4.29. The van der Waals surface area contributed by atoms with Crippen LogP contribution in [0, 0.1) is 0 Å². The van der Waals surface area contributed by atoms with Crippen LogP contribution in [0.1, 0.15) is 33.6 Å². The van der Waals surface area contributed by atoms with Gasteiger partial charge in [-0.15, -0.1) is 12.4 Å². The highest BCUT2D eigenvalue weighted by Crippen LogP contribution is 2.32. The zero-order chi connectivity index (χ0) is 18.7. The lowest BCUT2D eigenvalue weighted by atomic mass is 10.0. The maximum atomic E-state index is 12.8. The van der Waals surface area contributed by atoms with Crippen molar-refractivity contribution in [3.05, 3.63) is 29.3 Å². The molecule has 0 radical (unpaired) electrons. The van der Waals surface area contributed by atoms with E-state index in [1.54, 1.807) is 18.2 Å². The number of hydrogen-bond acceptors (Lipinski definition) is 7. The van der Waals surface area contributed by atoms with Crippen molar-refractivity contribution in [2.75, 3.05) is 31.6 Å². The second kappa shape index (κ2) is 8.94. The fraction of sp³-hybridized carbons (Fsp3) is 0.412. The summed E-state index contributed by atoms with van der Waals surface area (Å²) >= 11 is 0. The summed E-state index contributed by atoms with van der Waals surface area (Å²) in [5.41, 5.74) is 6.33. The quantitative estimate of drug-likeness (QED) is 0.433. The Hall–Kier alpha value is -2.49. The Bertz CT molecular complexity index is 770. The monoisotopic (exact) mass is 396 g/mol. The minimum absolute atomic E-state index is 0. The van der Waals surface area contributed by atoms with Gasteiger partial charge in [-0.05, 0) is 18.6 Å². The molecule has 1 fully saturated rings. The van der Waals surface area contributed by atoms with Crippen molar-refractivity contribution < 1.29 is 23.9 Å². The largest absolute Gasteiger partial charge is 0.382 e. The number of halogens is 1. The molecule has 2 aliphatic rings. The first-order valence-electron chi connectivity index (χ1n) is 8.41. The molecule has 0 spiro atoms. The number of ether oxygens (including phenoxy) is 1. The number of piperidine rings is 1. The number of imide groups is 2. The Balaban J connectivity index is 0.00000261. The second-order valence-electron chi connectivity index (χ2n) is 6.00. The van der Waals surface area contributed by atoms with Crippen LogP contribution in [-0.2, 0) is 14.3 Å². The Morgan fingerprint density at radius 1 is 1.19 bits per heavy atom. The van der Waals surface area contributed by atoms with Crippen LogP contribution < -0.4 is 16.4 Å². The summed E-state index contributed by atoms with van der Waals surface area (Å²) in [5, 5.41) is 5.25. The van der Waals surface area contributed by atoms with E-state index in [9.17, 15) is 19.2 Å². The van der Waals surface area contributed by atoms with Crippen LogP contribution in [0.25, 0.3) is 0 Å². The molecule has 1 atom stereocenters. The Labute approximate surface area is 162 Å². The second-order valence-corrected chi connectivity index (χ2v) is 6.00. The van der Waals surface area contributed by atoms with E-state index in [-0.39, 0.29) is 36.4 Å². The minimum Gasteiger partial charge on any atom is -0.382 e. The highest BCUT2D eigenvalue weighted by Gasteiger charge is 2.45. The molecular weight excluding hydrogens is 376 g/mol. The summed E-state index contributed by atoms with van der Waals surface area (Å²) < 4.78 is 5.28. The maximum Gasteiger partial charge on any atom is 0.264 e. The summed E-state index contributed by atoms with van der Waals surface area (Å²) in [7, 11) is 0. The van der Waals surface area contributed by atoms with Gasteiger partial charge in [0.15, 0.2) is 0 Å². The maximum absolute atomic E-state index is 12.8. The molecule has 0 aromatic heterocycles. The van der Waals surface area contributed by atoms with Crippen molar-refractivity contribution in [2.45, 2.75) is 18.9 Å². The average Bonchev–Trinajstić information content (AvgIpc) is 2.87. The van der Waals surface area contributed by atoms with E-state index in [1.807, 2.05) is 0 Å². The van der Waals surface area contributed by atoms with Gasteiger partial charge in [0.05, 0.1) is 24.3 Å². The van der Waals surface area contributed by atoms with Crippen molar-refractivity contribution in [3.8, 4) is 0 Å². The van der Waals surface area contributed by atoms with E-state index in [0.29, 0.717) is 32.0 Å². The van der Waals surface area contributed by atoms with Gasteiger partial charge in [0.2, 0.25) is 11.8 Å². The van der Waals surface area contributed by atoms with Crippen LogP contribution in [0.3, 0.4) is 0 Å². The molecule has 4 amide bonds. The SMILES string of the molecule is Cl.NCCOCCNc1cccc2c1C(=O)N(C1CCC(=O)NC1=O)C2=O. The first-order valence-corrected chi connectivity index (χ1v) is 8.41.